The predicted octanol–water partition coefficient (Wildman–Crippen LogP) is 2.72. The van der Waals surface area contributed by atoms with Crippen LogP contribution in [0, 0.1) is 5.92 Å². The number of fused-ring (bicyclic) bond motifs is 1. The van der Waals surface area contributed by atoms with Crippen LogP contribution in [0.25, 0.3) is 10.9 Å². The van der Waals surface area contributed by atoms with Gasteiger partial charge >= 0.3 is 0 Å². The Kier molecular flexibility index (Phi) is 3.24. The Bertz CT molecular complexity index is 526. The number of hydrogen-bond acceptors (Lipinski definition) is 2. The average Bonchev–Trinajstić information content (AvgIpc) is 2.86. The fraction of sp³-hybridized carbons (Fsp3) is 0.467. The Morgan fingerprint density at radius 2 is 2.33 bits per heavy atom. The van der Waals surface area contributed by atoms with E-state index in [0.29, 0.717) is 0 Å². The second-order valence-electron chi connectivity index (χ2n) is 5.15. The second-order valence-corrected chi connectivity index (χ2v) is 5.15. The van der Waals surface area contributed by atoms with Crippen molar-refractivity contribution in [3.8, 4) is 5.75 Å². The third-order valence-electron chi connectivity index (χ3n) is 3.86. The van der Waals surface area contributed by atoms with Crippen molar-refractivity contribution in [1.82, 2.24) is 10.3 Å². The Hall–Kier alpha value is -1.48. The van der Waals surface area contributed by atoms with Crippen LogP contribution in [0.1, 0.15) is 18.4 Å². The summed E-state index contributed by atoms with van der Waals surface area (Å²) in [6.07, 6.45) is 5.69. The normalized spacial score (nSPS) is 20.2. The highest BCUT2D eigenvalue weighted by atomic mass is 16.5. The average molecular weight is 244 g/mol. The fourth-order valence-corrected chi connectivity index (χ4v) is 2.88. The Labute approximate surface area is 108 Å². The van der Waals surface area contributed by atoms with Crippen molar-refractivity contribution >= 4 is 10.9 Å². The minimum Gasteiger partial charge on any atom is -0.496 e. The summed E-state index contributed by atoms with van der Waals surface area (Å²) in [5.41, 5.74) is 2.52. The summed E-state index contributed by atoms with van der Waals surface area (Å²) in [7, 11) is 1.76. The molecule has 18 heavy (non-hydrogen) atoms. The van der Waals surface area contributed by atoms with Crippen LogP contribution in [0.15, 0.2) is 24.4 Å². The van der Waals surface area contributed by atoms with Crippen LogP contribution < -0.4 is 10.1 Å². The van der Waals surface area contributed by atoms with Gasteiger partial charge in [0.2, 0.25) is 0 Å². The highest BCUT2D eigenvalue weighted by molar-refractivity contribution is 5.82. The van der Waals surface area contributed by atoms with Gasteiger partial charge in [0.1, 0.15) is 5.75 Å². The maximum Gasteiger partial charge on any atom is 0.122 e. The summed E-state index contributed by atoms with van der Waals surface area (Å²) in [6, 6.07) is 6.46. The van der Waals surface area contributed by atoms with E-state index in [2.05, 4.69) is 28.5 Å². The number of aromatic amines is 1. The van der Waals surface area contributed by atoms with Crippen molar-refractivity contribution in [3.63, 3.8) is 0 Å². The zero-order valence-corrected chi connectivity index (χ0v) is 10.8. The number of nitrogens with one attached hydrogen (secondary N) is 2. The smallest absolute Gasteiger partial charge is 0.122 e. The van der Waals surface area contributed by atoms with Crippen molar-refractivity contribution in [2.24, 2.45) is 5.92 Å². The van der Waals surface area contributed by atoms with Gasteiger partial charge in [-0.3, -0.25) is 0 Å². The Balaban J connectivity index is 1.88. The van der Waals surface area contributed by atoms with Gasteiger partial charge in [0, 0.05) is 17.1 Å². The van der Waals surface area contributed by atoms with Crippen LogP contribution in [-0.2, 0) is 6.42 Å². The van der Waals surface area contributed by atoms with E-state index in [1.807, 2.05) is 6.20 Å². The van der Waals surface area contributed by atoms with Gasteiger partial charge in [-0.15, -0.1) is 0 Å². The Morgan fingerprint density at radius 3 is 3.11 bits per heavy atom. The zero-order chi connectivity index (χ0) is 12.4. The van der Waals surface area contributed by atoms with Crippen molar-refractivity contribution in [2.45, 2.75) is 19.3 Å². The number of piperidine rings is 1. The van der Waals surface area contributed by atoms with Crippen molar-refractivity contribution in [1.29, 1.82) is 0 Å². The third-order valence-corrected chi connectivity index (χ3v) is 3.86. The maximum atomic E-state index is 5.53. The number of hydrogen-bond donors (Lipinski definition) is 2. The Morgan fingerprint density at radius 1 is 1.39 bits per heavy atom. The molecular formula is C15H20N2O. The number of rotatable bonds is 3. The molecule has 0 aliphatic carbocycles. The van der Waals surface area contributed by atoms with Gasteiger partial charge in [0.15, 0.2) is 0 Å². The van der Waals surface area contributed by atoms with Gasteiger partial charge in [-0.25, -0.2) is 0 Å². The van der Waals surface area contributed by atoms with Crippen LogP contribution in [0.4, 0.5) is 0 Å². The van der Waals surface area contributed by atoms with Gasteiger partial charge < -0.3 is 15.0 Å². The molecule has 3 rings (SSSR count). The van der Waals surface area contributed by atoms with E-state index in [9.17, 15) is 0 Å². The number of H-pyrrole nitrogens is 1. The maximum absolute atomic E-state index is 5.53. The highest BCUT2D eigenvalue weighted by Gasteiger charge is 2.16. The van der Waals surface area contributed by atoms with E-state index in [1.165, 1.54) is 35.9 Å². The fourth-order valence-electron chi connectivity index (χ4n) is 2.88. The molecule has 2 heterocycles. The molecular weight excluding hydrogens is 224 g/mol. The van der Waals surface area contributed by atoms with E-state index in [4.69, 9.17) is 4.74 Å². The quantitative estimate of drug-likeness (QED) is 0.871. The summed E-state index contributed by atoms with van der Waals surface area (Å²) in [5.74, 6) is 1.76. The first-order chi connectivity index (χ1) is 8.86. The molecule has 0 radical (unpaired) electrons. The largest absolute Gasteiger partial charge is 0.496 e. The van der Waals surface area contributed by atoms with Crippen molar-refractivity contribution < 1.29 is 4.74 Å². The molecule has 1 fully saturated rings. The molecule has 0 bridgehead atoms. The lowest BCUT2D eigenvalue weighted by molar-refractivity contribution is 0.364. The van der Waals surface area contributed by atoms with E-state index in [0.717, 1.165) is 24.6 Å². The molecule has 1 aliphatic heterocycles. The molecule has 96 valence electrons. The zero-order valence-electron chi connectivity index (χ0n) is 10.8. The molecule has 1 aromatic heterocycles. The molecule has 0 spiro atoms. The monoisotopic (exact) mass is 244 g/mol. The van der Waals surface area contributed by atoms with Gasteiger partial charge in [-0.2, -0.15) is 0 Å². The van der Waals surface area contributed by atoms with Crippen LogP contribution >= 0.6 is 0 Å². The molecule has 1 aromatic carbocycles. The predicted molar refractivity (Wildman–Crippen MR) is 74.1 cm³/mol. The number of aromatic nitrogens is 1. The van der Waals surface area contributed by atoms with E-state index in [1.54, 1.807) is 7.11 Å². The minimum absolute atomic E-state index is 0.736. The molecule has 1 saturated heterocycles. The first-order valence-corrected chi connectivity index (χ1v) is 6.71. The summed E-state index contributed by atoms with van der Waals surface area (Å²) in [5, 5.41) is 4.70. The molecule has 2 aromatic rings. The lowest BCUT2D eigenvalue weighted by atomic mass is 9.91. The van der Waals surface area contributed by atoms with Crippen LogP contribution in [0.5, 0.6) is 5.75 Å². The summed E-state index contributed by atoms with van der Waals surface area (Å²) in [4.78, 5) is 3.28. The highest BCUT2D eigenvalue weighted by Crippen LogP contribution is 2.28. The lowest BCUT2D eigenvalue weighted by Gasteiger charge is -2.23. The number of ether oxygens (including phenoxy) is 1. The van der Waals surface area contributed by atoms with E-state index >= 15 is 0 Å². The van der Waals surface area contributed by atoms with E-state index in [-0.39, 0.29) is 0 Å². The van der Waals surface area contributed by atoms with Gasteiger partial charge in [-0.1, -0.05) is 0 Å². The molecule has 3 nitrogen and oxygen atoms in total. The molecule has 2 N–H and O–H groups in total. The van der Waals surface area contributed by atoms with Crippen LogP contribution in [0.2, 0.25) is 0 Å². The first-order valence-electron chi connectivity index (χ1n) is 6.71. The number of benzene rings is 1. The standard InChI is InChI=1S/C15H20N2O/c1-18-15-9-12-4-6-17-14(12)8-13(15)7-11-3-2-5-16-10-11/h4,6,8-9,11,16-17H,2-3,5,7,10H2,1H3. The van der Waals surface area contributed by atoms with Crippen molar-refractivity contribution in [2.75, 3.05) is 20.2 Å². The second kappa shape index (κ2) is 5.02. The van der Waals surface area contributed by atoms with Gasteiger partial charge in [0.25, 0.3) is 0 Å². The first kappa shape index (κ1) is 11.6. The lowest BCUT2D eigenvalue weighted by Crippen LogP contribution is -2.30. The molecule has 0 amide bonds. The van der Waals surface area contributed by atoms with Gasteiger partial charge in [0.05, 0.1) is 7.11 Å². The molecule has 1 aliphatic rings. The molecule has 1 unspecified atom stereocenters. The minimum atomic E-state index is 0.736. The topological polar surface area (TPSA) is 37.0 Å². The summed E-state index contributed by atoms with van der Waals surface area (Å²) in [6.45, 7) is 2.30. The summed E-state index contributed by atoms with van der Waals surface area (Å²) >= 11 is 0. The summed E-state index contributed by atoms with van der Waals surface area (Å²) < 4.78 is 5.53. The SMILES string of the molecule is COc1cc2cc[nH]c2cc1CC1CCCNC1. The molecule has 1 atom stereocenters. The van der Waals surface area contributed by atoms with Crippen LogP contribution in [0.3, 0.4) is 0 Å². The third kappa shape index (κ3) is 2.23. The molecule has 3 heteroatoms. The van der Waals surface area contributed by atoms with Crippen LogP contribution in [-0.4, -0.2) is 25.2 Å². The van der Waals surface area contributed by atoms with Gasteiger partial charge in [-0.05, 0) is 62.0 Å². The number of methoxy groups -OCH3 is 1. The van der Waals surface area contributed by atoms with E-state index < -0.39 is 0 Å². The van der Waals surface area contributed by atoms with Crippen molar-refractivity contribution in [3.05, 3.63) is 30.0 Å². The molecule has 0 saturated carbocycles.